The highest BCUT2D eigenvalue weighted by molar-refractivity contribution is 5.95. The van der Waals surface area contributed by atoms with Gasteiger partial charge in [0.25, 0.3) is 0 Å². The van der Waals surface area contributed by atoms with Gasteiger partial charge < -0.3 is 40.6 Å². The van der Waals surface area contributed by atoms with Gasteiger partial charge in [0.1, 0.15) is 30.5 Å². The minimum atomic E-state index is -1.13. The van der Waals surface area contributed by atoms with Crippen molar-refractivity contribution in [3.8, 4) is 5.75 Å². The summed E-state index contributed by atoms with van der Waals surface area (Å²) in [5.41, 5.74) is 3.17. The van der Waals surface area contributed by atoms with Crippen molar-refractivity contribution in [1.29, 1.82) is 0 Å². The van der Waals surface area contributed by atoms with Crippen molar-refractivity contribution in [2.24, 2.45) is 5.92 Å². The molecule has 2 aliphatic heterocycles. The molecule has 3 atom stereocenters. The highest BCUT2D eigenvalue weighted by atomic mass is 16.5. The van der Waals surface area contributed by atoms with E-state index in [0.717, 1.165) is 27.6 Å². The first-order valence-corrected chi connectivity index (χ1v) is 17.9. The molecule has 3 heterocycles. The molecule has 1 aromatic heterocycles. The molecule has 2 bridgehead atoms. The number of methoxy groups -OCH3 is 1. The SMILES string of the molecule is COCCN1CC(=O)N[C@@H](C(C)C)C(=O)NCCOc2ccc(cc2)C[C@H](NC(=O)Cc2ccccc2)C(=O)N[C@@H](Cc2c[nH]c3ccccc23)C1=O. The molecule has 5 amide bonds. The van der Waals surface area contributed by atoms with E-state index in [1.807, 2.05) is 68.4 Å². The number of hydrogen-bond donors (Lipinski definition) is 5. The topological polar surface area (TPSA) is 171 Å². The summed E-state index contributed by atoms with van der Waals surface area (Å²) in [6.45, 7) is 3.79. The number of nitrogens with one attached hydrogen (secondary N) is 5. The van der Waals surface area contributed by atoms with Crippen molar-refractivity contribution in [2.75, 3.05) is 40.0 Å². The molecular formula is C40H48N6O7. The Morgan fingerprint density at radius 3 is 2.42 bits per heavy atom. The predicted octanol–water partition coefficient (Wildman–Crippen LogP) is 2.29. The zero-order valence-electron chi connectivity index (χ0n) is 30.4. The molecule has 13 heteroatoms. The lowest BCUT2D eigenvalue weighted by molar-refractivity contribution is -0.141. The smallest absolute Gasteiger partial charge is 0.246 e. The summed E-state index contributed by atoms with van der Waals surface area (Å²) in [7, 11) is 1.49. The first-order valence-electron chi connectivity index (χ1n) is 17.9. The molecule has 3 aromatic carbocycles. The molecule has 6 rings (SSSR count). The number of benzene rings is 3. The van der Waals surface area contributed by atoms with Crippen molar-refractivity contribution in [3.63, 3.8) is 0 Å². The summed E-state index contributed by atoms with van der Waals surface area (Å²) >= 11 is 0. The molecule has 0 saturated carbocycles. The van der Waals surface area contributed by atoms with E-state index in [-0.39, 0.29) is 69.8 Å². The first-order chi connectivity index (χ1) is 25.6. The monoisotopic (exact) mass is 724 g/mol. The van der Waals surface area contributed by atoms with Crippen LogP contribution >= 0.6 is 0 Å². The second-order valence-corrected chi connectivity index (χ2v) is 13.4. The fraction of sp³-hybridized carbons (Fsp3) is 0.375. The van der Waals surface area contributed by atoms with E-state index in [9.17, 15) is 24.0 Å². The van der Waals surface area contributed by atoms with Gasteiger partial charge in [0, 0.05) is 43.6 Å². The minimum absolute atomic E-state index is 0.0441. The maximum absolute atomic E-state index is 14.5. The van der Waals surface area contributed by atoms with Crippen LogP contribution in [0.3, 0.4) is 0 Å². The van der Waals surface area contributed by atoms with Crippen molar-refractivity contribution >= 4 is 40.4 Å². The molecule has 0 radical (unpaired) electrons. The van der Waals surface area contributed by atoms with Crippen LogP contribution < -0.4 is 26.0 Å². The van der Waals surface area contributed by atoms with Crippen LogP contribution in [-0.2, 0) is 48.0 Å². The molecule has 53 heavy (non-hydrogen) atoms. The number of aromatic amines is 1. The summed E-state index contributed by atoms with van der Waals surface area (Å²) in [5.74, 6) is -2.06. The molecule has 0 fully saturated rings. The summed E-state index contributed by atoms with van der Waals surface area (Å²) in [6.07, 6.45) is 2.07. The van der Waals surface area contributed by atoms with E-state index in [1.54, 1.807) is 30.5 Å². The molecule has 5 N–H and O–H groups in total. The maximum Gasteiger partial charge on any atom is 0.246 e. The van der Waals surface area contributed by atoms with E-state index in [2.05, 4.69) is 26.3 Å². The molecule has 280 valence electrons. The van der Waals surface area contributed by atoms with Gasteiger partial charge in [-0.25, -0.2) is 0 Å². The third-order valence-corrected chi connectivity index (χ3v) is 9.08. The predicted molar refractivity (Wildman–Crippen MR) is 200 cm³/mol. The average Bonchev–Trinajstić information content (AvgIpc) is 3.56. The van der Waals surface area contributed by atoms with Gasteiger partial charge in [0.15, 0.2) is 0 Å². The van der Waals surface area contributed by atoms with Crippen LogP contribution in [0.4, 0.5) is 0 Å². The number of para-hydroxylation sites is 1. The fourth-order valence-corrected chi connectivity index (χ4v) is 6.26. The van der Waals surface area contributed by atoms with Gasteiger partial charge in [-0.3, -0.25) is 24.0 Å². The number of aromatic nitrogens is 1. The summed E-state index contributed by atoms with van der Waals surface area (Å²) in [4.78, 5) is 73.3. The Morgan fingerprint density at radius 2 is 1.68 bits per heavy atom. The lowest BCUT2D eigenvalue weighted by Crippen LogP contribution is -2.58. The highest BCUT2D eigenvalue weighted by Gasteiger charge is 2.33. The molecule has 0 saturated heterocycles. The van der Waals surface area contributed by atoms with Gasteiger partial charge in [-0.2, -0.15) is 0 Å². The third kappa shape index (κ3) is 10.9. The van der Waals surface area contributed by atoms with E-state index >= 15 is 0 Å². The number of fused-ring (bicyclic) bond motifs is 18. The Bertz CT molecular complexity index is 1860. The average molecular weight is 725 g/mol. The van der Waals surface area contributed by atoms with Gasteiger partial charge in [0.2, 0.25) is 29.5 Å². The van der Waals surface area contributed by atoms with E-state index in [4.69, 9.17) is 9.47 Å². The Kier molecular flexibility index (Phi) is 13.6. The van der Waals surface area contributed by atoms with Crippen LogP contribution in [0.5, 0.6) is 5.75 Å². The van der Waals surface area contributed by atoms with Crippen molar-refractivity contribution < 1.29 is 33.4 Å². The van der Waals surface area contributed by atoms with Crippen LogP contribution in [0.1, 0.15) is 30.5 Å². The lowest BCUT2D eigenvalue weighted by atomic mass is 10.0. The van der Waals surface area contributed by atoms with Crippen molar-refractivity contribution in [1.82, 2.24) is 31.2 Å². The van der Waals surface area contributed by atoms with E-state index < -0.39 is 35.8 Å². The molecular weight excluding hydrogens is 676 g/mol. The lowest BCUT2D eigenvalue weighted by Gasteiger charge is -2.30. The Balaban J connectivity index is 1.50. The Labute approximate surface area is 309 Å². The number of carbonyl (C=O) groups excluding carboxylic acids is 5. The first kappa shape index (κ1) is 38.5. The van der Waals surface area contributed by atoms with Crippen LogP contribution in [0.2, 0.25) is 0 Å². The number of amides is 5. The van der Waals surface area contributed by atoms with E-state index in [0.29, 0.717) is 5.75 Å². The minimum Gasteiger partial charge on any atom is -0.492 e. The normalized spacial score (nSPS) is 19.3. The number of carbonyl (C=O) groups is 5. The van der Waals surface area contributed by atoms with E-state index in [1.165, 1.54) is 12.0 Å². The van der Waals surface area contributed by atoms with Gasteiger partial charge >= 0.3 is 0 Å². The largest absolute Gasteiger partial charge is 0.492 e. The molecule has 13 nitrogen and oxygen atoms in total. The Hall–Kier alpha value is -5.69. The summed E-state index contributed by atoms with van der Waals surface area (Å²) in [6, 6.07) is 20.9. The summed E-state index contributed by atoms with van der Waals surface area (Å²) in [5, 5.41) is 12.3. The number of nitrogens with zero attached hydrogens (tertiary/aromatic N) is 1. The molecule has 0 aliphatic carbocycles. The maximum atomic E-state index is 14.5. The standard InChI is InChI=1S/C40H48N6O7/c1-26(2)37-39(50)41-17-19-53-30-15-13-28(14-16-30)21-33(43-35(47)22-27-9-5-4-6-10-27)38(49)44-34(23-29-24-42-32-12-8-7-11-31(29)32)40(51)46(18-20-52-3)25-36(48)45-37/h4-16,24,26,33-34,37,42H,17-23,25H2,1-3H3,(H,41,50)(H,43,47)(H,44,49)(H,45,48)/t33-,34-,37-/m0/s1. The quantitative estimate of drug-likeness (QED) is 0.165. The molecule has 0 unspecified atom stereocenters. The van der Waals surface area contributed by atoms with Crippen LogP contribution in [-0.4, -0.2) is 97.5 Å². The number of H-pyrrole nitrogens is 1. The van der Waals surface area contributed by atoms with Gasteiger partial charge in [0.05, 0.1) is 26.1 Å². The number of hydrogen-bond acceptors (Lipinski definition) is 7. The van der Waals surface area contributed by atoms with Crippen molar-refractivity contribution in [2.45, 2.75) is 51.2 Å². The molecule has 2 aliphatic rings. The van der Waals surface area contributed by atoms with Crippen LogP contribution in [0.15, 0.2) is 85.1 Å². The highest BCUT2D eigenvalue weighted by Crippen LogP contribution is 2.20. The Morgan fingerprint density at radius 1 is 0.943 bits per heavy atom. The second kappa shape index (κ2) is 18.7. The fourth-order valence-electron chi connectivity index (χ4n) is 6.26. The molecule has 0 spiro atoms. The zero-order valence-corrected chi connectivity index (χ0v) is 30.4. The van der Waals surface area contributed by atoms with Gasteiger partial charge in [-0.05, 0) is 40.8 Å². The van der Waals surface area contributed by atoms with Crippen LogP contribution in [0, 0.1) is 5.92 Å². The van der Waals surface area contributed by atoms with Crippen molar-refractivity contribution in [3.05, 3.63) is 102 Å². The second-order valence-electron chi connectivity index (χ2n) is 13.4. The number of rotatable bonds is 9. The van der Waals surface area contributed by atoms with Gasteiger partial charge in [-0.1, -0.05) is 74.5 Å². The summed E-state index contributed by atoms with van der Waals surface area (Å²) < 4.78 is 11.1. The van der Waals surface area contributed by atoms with Crippen LogP contribution in [0.25, 0.3) is 10.9 Å². The zero-order chi connectivity index (χ0) is 37.7. The third-order valence-electron chi connectivity index (χ3n) is 9.08. The molecule has 4 aromatic rings. The number of ether oxygens (including phenoxy) is 2. The van der Waals surface area contributed by atoms with Gasteiger partial charge in [-0.15, -0.1) is 0 Å².